The number of benzene rings is 1. The van der Waals surface area contributed by atoms with Crippen LogP contribution in [-0.4, -0.2) is 46.0 Å². The van der Waals surface area contributed by atoms with Gasteiger partial charge in [0.15, 0.2) is 0 Å². The standard InChI is InChI=1S/C24H26F3N5O3/c1-14(15-5-4-6-16(19(15)25)20(26)27)30-21-17-11-18(23(34)31(2)22(17)29-12-28-21)24(35-3)7-9-32(13-33)10-8-24/h4-6,11-14,20H,7-10H2,1-3H3,(H,28,29,30)/t14-/m1/s1. The van der Waals surface area contributed by atoms with E-state index in [1.807, 2.05) is 0 Å². The Bertz CT molecular complexity index is 1310. The number of rotatable bonds is 7. The number of fused-ring (bicyclic) bond motifs is 1. The number of anilines is 1. The molecule has 3 heterocycles. The van der Waals surface area contributed by atoms with Crippen LogP contribution in [0.2, 0.25) is 0 Å². The Morgan fingerprint density at radius 2 is 1.89 bits per heavy atom. The lowest BCUT2D eigenvalue weighted by atomic mass is 9.84. The molecule has 0 aliphatic carbocycles. The minimum atomic E-state index is -2.94. The van der Waals surface area contributed by atoms with Crippen LogP contribution in [-0.2, 0) is 22.2 Å². The molecule has 3 aromatic rings. The number of ether oxygens (including phenoxy) is 1. The number of hydrogen-bond donors (Lipinski definition) is 1. The Morgan fingerprint density at radius 1 is 1.20 bits per heavy atom. The van der Waals surface area contributed by atoms with Gasteiger partial charge in [-0.05, 0) is 25.8 Å². The van der Waals surface area contributed by atoms with Crippen LogP contribution < -0.4 is 10.9 Å². The van der Waals surface area contributed by atoms with Crippen molar-refractivity contribution in [2.24, 2.45) is 7.05 Å². The first-order valence-corrected chi connectivity index (χ1v) is 11.1. The summed E-state index contributed by atoms with van der Waals surface area (Å²) in [6.45, 7) is 2.51. The zero-order valence-electron chi connectivity index (χ0n) is 19.6. The summed E-state index contributed by atoms with van der Waals surface area (Å²) in [6.07, 6.45) is -0.0210. The lowest BCUT2D eigenvalue weighted by Crippen LogP contribution is -2.46. The number of nitrogens with zero attached hydrogens (tertiary/aromatic N) is 4. The average molecular weight is 489 g/mol. The van der Waals surface area contributed by atoms with Gasteiger partial charge in [0.05, 0.1) is 22.6 Å². The maximum Gasteiger partial charge on any atom is 0.266 e. The summed E-state index contributed by atoms with van der Waals surface area (Å²) in [7, 11) is 3.12. The first kappa shape index (κ1) is 24.6. The Labute approximate surface area is 199 Å². The first-order chi connectivity index (χ1) is 16.7. The summed E-state index contributed by atoms with van der Waals surface area (Å²) in [6, 6.07) is 4.83. The van der Waals surface area contributed by atoms with E-state index in [-0.39, 0.29) is 11.1 Å². The van der Waals surface area contributed by atoms with Crippen LogP contribution >= 0.6 is 0 Å². The maximum absolute atomic E-state index is 14.7. The fraction of sp³-hybridized carbons (Fsp3) is 0.417. The molecule has 2 aromatic heterocycles. The topological polar surface area (TPSA) is 89.3 Å². The van der Waals surface area contributed by atoms with Crippen LogP contribution in [0.1, 0.15) is 48.9 Å². The van der Waals surface area contributed by atoms with Gasteiger partial charge in [0.2, 0.25) is 6.41 Å². The smallest absolute Gasteiger partial charge is 0.266 e. The molecule has 1 N–H and O–H groups in total. The second kappa shape index (κ2) is 9.65. The number of halogens is 3. The highest BCUT2D eigenvalue weighted by Crippen LogP contribution is 2.36. The van der Waals surface area contributed by atoms with Gasteiger partial charge in [-0.1, -0.05) is 18.2 Å². The number of carbonyl (C=O) groups is 1. The van der Waals surface area contributed by atoms with Crippen LogP contribution in [0.4, 0.5) is 19.0 Å². The van der Waals surface area contributed by atoms with Crippen molar-refractivity contribution in [2.45, 2.75) is 37.8 Å². The second-order valence-electron chi connectivity index (χ2n) is 8.64. The number of methoxy groups -OCH3 is 1. The molecule has 4 rings (SSSR count). The summed E-state index contributed by atoms with van der Waals surface area (Å²) in [5.41, 5.74) is -1.05. The second-order valence-corrected chi connectivity index (χ2v) is 8.64. The normalized spacial score (nSPS) is 16.5. The van der Waals surface area contributed by atoms with Crippen LogP contribution in [0.15, 0.2) is 35.4 Å². The van der Waals surface area contributed by atoms with Crippen LogP contribution in [0.25, 0.3) is 11.0 Å². The number of pyridine rings is 1. The molecule has 0 spiro atoms. The van der Waals surface area contributed by atoms with Crippen LogP contribution in [0.5, 0.6) is 0 Å². The lowest BCUT2D eigenvalue weighted by Gasteiger charge is -2.39. The number of aromatic nitrogens is 3. The molecule has 8 nitrogen and oxygen atoms in total. The molecule has 0 saturated carbocycles. The van der Waals surface area contributed by atoms with E-state index in [2.05, 4.69) is 15.3 Å². The minimum Gasteiger partial charge on any atom is -0.373 e. The lowest BCUT2D eigenvalue weighted by molar-refractivity contribution is -0.124. The van der Waals surface area contributed by atoms with E-state index in [1.165, 1.54) is 30.1 Å². The Morgan fingerprint density at radius 3 is 2.51 bits per heavy atom. The van der Waals surface area contributed by atoms with Gasteiger partial charge in [-0.25, -0.2) is 23.1 Å². The molecule has 0 radical (unpaired) electrons. The van der Waals surface area contributed by atoms with Crippen LogP contribution in [0.3, 0.4) is 0 Å². The summed E-state index contributed by atoms with van der Waals surface area (Å²) in [5, 5.41) is 3.58. The predicted molar refractivity (Wildman–Crippen MR) is 124 cm³/mol. The molecule has 35 heavy (non-hydrogen) atoms. The molecule has 11 heteroatoms. The molecular formula is C24H26F3N5O3. The number of hydrogen-bond acceptors (Lipinski definition) is 6. The molecular weight excluding hydrogens is 463 g/mol. The third kappa shape index (κ3) is 4.36. The van der Waals surface area contributed by atoms with E-state index in [0.717, 1.165) is 12.5 Å². The molecule has 1 amide bonds. The average Bonchev–Trinajstić information content (AvgIpc) is 2.86. The molecule has 1 saturated heterocycles. The number of likely N-dealkylation sites (tertiary alicyclic amines) is 1. The third-order valence-electron chi connectivity index (χ3n) is 6.75. The van der Waals surface area contributed by atoms with Crippen molar-refractivity contribution >= 4 is 23.3 Å². The number of aryl methyl sites for hydroxylation is 1. The highest BCUT2D eigenvalue weighted by atomic mass is 19.3. The van der Waals surface area contributed by atoms with Crippen molar-refractivity contribution in [1.82, 2.24) is 19.4 Å². The zero-order valence-corrected chi connectivity index (χ0v) is 19.6. The largest absolute Gasteiger partial charge is 0.373 e. The number of amides is 1. The minimum absolute atomic E-state index is 0.0641. The fourth-order valence-electron chi connectivity index (χ4n) is 4.64. The van der Waals surface area contributed by atoms with Gasteiger partial charge in [-0.3, -0.25) is 14.2 Å². The van der Waals surface area contributed by atoms with E-state index in [9.17, 15) is 22.8 Å². The van der Waals surface area contributed by atoms with E-state index >= 15 is 0 Å². The maximum atomic E-state index is 14.7. The number of nitrogens with one attached hydrogen (secondary N) is 1. The Balaban J connectivity index is 1.78. The van der Waals surface area contributed by atoms with E-state index in [1.54, 1.807) is 24.9 Å². The highest BCUT2D eigenvalue weighted by Gasteiger charge is 2.39. The molecule has 186 valence electrons. The highest BCUT2D eigenvalue weighted by molar-refractivity contribution is 5.87. The number of carbonyl (C=O) groups excluding carboxylic acids is 1. The molecule has 1 atom stereocenters. The first-order valence-electron chi connectivity index (χ1n) is 11.1. The predicted octanol–water partition coefficient (Wildman–Crippen LogP) is 3.67. The molecule has 1 aromatic carbocycles. The van der Waals surface area contributed by atoms with Crippen molar-refractivity contribution in [3.8, 4) is 0 Å². The summed E-state index contributed by atoms with van der Waals surface area (Å²) in [4.78, 5) is 34.6. The van der Waals surface area contributed by atoms with Gasteiger partial charge in [0.25, 0.3) is 12.0 Å². The Kier molecular flexibility index (Phi) is 6.79. The van der Waals surface area contributed by atoms with E-state index < -0.39 is 29.4 Å². The third-order valence-corrected chi connectivity index (χ3v) is 6.75. The fourth-order valence-corrected chi connectivity index (χ4v) is 4.64. The van der Waals surface area contributed by atoms with Gasteiger partial charge < -0.3 is 15.0 Å². The summed E-state index contributed by atoms with van der Waals surface area (Å²) in [5.74, 6) is -0.660. The van der Waals surface area contributed by atoms with E-state index in [4.69, 9.17) is 4.74 Å². The number of alkyl halides is 2. The Hall–Kier alpha value is -3.47. The SMILES string of the molecule is COC1(c2cc3c(N[C@H](C)c4cccc(C(F)F)c4F)ncnc3n(C)c2=O)CCN(C=O)CC1. The summed E-state index contributed by atoms with van der Waals surface area (Å²) >= 11 is 0. The molecule has 0 unspecified atom stereocenters. The number of piperidine rings is 1. The van der Waals surface area contributed by atoms with Crippen molar-refractivity contribution < 1.29 is 22.7 Å². The molecule has 1 fully saturated rings. The quantitative estimate of drug-likeness (QED) is 0.510. The molecule has 1 aliphatic rings. The zero-order chi connectivity index (χ0) is 25.3. The van der Waals surface area contributed by atoms with Crippen molar-refractivity contribution in [3.05, 3.63) is 63.5 Å². The van der Waals surface area contributed by atoms with Crippen LogP contribution in [0, 0.1) is 5.82 Å². The van der Waals surface area contributed by atoms with Gasteiger partial charge in [-0.2, -0.15) is 0 Å². The van der Waals surface area contributed by atoms with E-state index in [0.29, 0.717) is 48.3 Å². The van der Waals surface area contributed by atoms with Gasteiger partial charge in [0, 0.05) is 32.8 Å². The van der Waals surface area contributed by atoms with Crippen molar-refractivity contribution in [2.75, 3.05) is 25.5 Å². The van der Waals surface area contributed by atoms with Crippen molar-refractivity contribution in [3.63, 3.8) is 0 Å². The van der Waals surface area contributed by atoms with Gasteiger partial charge in [-0.15, -0.1) is 0 Å². The van der Waals surface area contributed by atoms with Crippen molar-refractivity contribution in [1.29, 1.82) is 0 Å². The van der Waals surface area contributed by atoms with Gasteiger partial charge >= 0.3 is 0 Å². The summed E-state index contributed by atoms with van der Waals surface area (Å²) < 4.78 is 48.3. The molecule has 1 aliphatic heterocycles. The molecule has 0 bridgehead atoms. The monoisotopic (exact) mass is 489 g/mol. The van der Waals surface area contributed by atoms with Gasteiger partial charge in [0.1, 0.15) is 29.2 Å².